The Morgan fingerprint density at radius 1 is 1.37 bits per heavy atom. The molecule has 0 saturated carbocycles. The van der Waals surface area contributed by atoms with Crippen LogP contribution in [0.1, 0.15) is 16.1 Å². The molecule has 0 bridgehead atoms. The number of nitro groups is 1. The minimum absolute atomic E-state index is 0.0990. The zero-order chi connectivity index (χ0) is 14.0. The van der Waals surface area contributed by atoms with Gasteiger partial charge in [0.25, 0.3) is 0 Å². The van der Waals surface area contributed by atoms with Gasteiger partial charge in [-0.05, 0) is 24.0 Å². The van der Waals surface area contributed by atoms with E-state index in [1.54, 1.807) is 30.3 Å². The monoisotopic (exact) mass is 261 g/mol. The van der Waals surface area contributed by atoms with E-state index in [4.69, 9.17) is 4.74 Å². The van der Waals surface area contributed by atoms with Crippen molar-refractivity contribution in [1.82, 2.24) is 9.55 Å². The Morgan fingerprint density at radius 2 is 2.00 bits per heavy atom. The molecule has 7 heteroatoms. The molecule has 0 aliphatic heterocycles. The first kappa shape index (κ1) is 12.7. The van der Waals surface area contributed by atoms with E-state index in [1.807, 2.05) is 0 Å². The van der Waals surface area contributed by atoms with Crippen LogP contribution < -0.4 is 4.74 Å². The summed E-state index contributed by atoms with van der Waals surface area (Å²) in [5.41, 5.74) is 0.550. The predicted molar refractivity (Wildman–Crippen MR) is 66.0 cm³/mol. The minimum Gasteiger partial charge on any atom is -0.370 e. The molecule has 0 fully saturated rings. The molecule has 19 heavy (non-hydrogen) atoms. The molecule has 0 aliphatic carbocycles. The van der Waals surface area contributed by atoms with Crippen molar-refractivity contribution < 1.29 is 14.5 Å². The lowest BCUT2D eigenvalue weighted by Crippen LogP contribution is -2.11. The lowest BCUT2D eigenvalue weighted by molar-refractivity contribution is -0.392. The molecule has 0 spiro atoms. The molecule has 0 unspecified atom stereocenters. The van der Waals surface area contributed by atoms with Crippen molar-refractivity contribution in [2.45, 2.75) is 6.92 Å². The normalized spacial score (nSPS) is 10.2. The van der Waals surface area contributed by atoms with Crippen molar-refractivity contribution in [3.05, 3.63) is 51.7 Å². The van der Waals surface area contributed by atoms with Crippen molar-refractivity contribution in [2.75, 3.05) is 0 Å². The number of carbonyl (C=O) groups excluding carboxylic acids is 1. The first-order valence-electron chi connectivity index (χ1n) is 5.45. The zero-order valence-corrected chi connectivity index (χ0v) is 10.4. The van der Waals surface area contributed by atoms with E-state index in [9.17, 15) is 14.9 Å². The van der Waals surface area contributed by atoms with Crippen molar-refractivity contribution in [1.29, 1.82) is 0 Å². The molecule has 1 heterocycles. The van der Waals surface area contributed by atoms with E-state index >= 15 is 0 Å². The third-order valence-corrected chi connectivity index (χ3v) is 2.56. The number of benzene rings is 1. The van der Waals surface area contributed by atoms with Gasteiger partial charge < -0.3 is 14.9 Å². The Balaban J connectivity index is 2.28. The van der Waals surface area contributed by atoms with Crippen LogP contribution in [0.25, 0.3) is 0 Å². The number of aryl methyl sites for hydroxylation is 1. The number of esters is 1. The second-order valence-corrected chi connectivity index (χ2v) is 3.88. The molecule has 7 nitrogen and oxygen atoms in total. The lowest BCUT2D eigenvalue weighted by atomic mass is 10.2. The van der Waals surface area contributed by atoms with Gasteiger partial charge in [-0.3, -0.25) is 0 Å². The van der Waals surface area contributed by atoms with Gasteiger partial charge in [0.05, 0.1) is 12.6 Å². The van der Waals surface area contributed by atoms with E-state index in [0.717, 1.165) is 4.57 Å². The Labute approximate surface area is 108 Å². The molecule has 98 valence electrons. The highest BCUT2D eigenvalue weighted by Crippen LogP contribution is 2.23. The van der Waals surface area contributed by atoms with E-state index in [1.165, 1.54) is 14.0 Å². The molecule has 2 rings (SSSR count). The first-order valence-corrected chi connectivity index (χ1v) is 5.45. The molecule has 1 aromatic carbocycles. The van der Waals surface area contributed by atoms with Crippen molar-refractivity contribution in [3.63, 3.8) is 0 Å². The highest BCUT2D eigenvalue weighted by Gasteiger charge is 2.25. The van der Waals surface area contributed by atoms with Crippen LogP contribution in [0, 0.1) is 17.0 Å². The van der Waals surface area contributed by atoms with Gasteiger partial charge in [-0.2, -0.15) is 9.55 Å². The van der Waals surface area contributed by atoms with Crippen LogP contribution in [0.2, 0.25) is 0 Å². The van der Waals surface area contributed by atoms with Crippen LogP contribution >= 0.6 is 0 Å². The topological polar surface area (TPSA) is 87.3 Å². The van der Waals surface area contributed by atoms with Crippen molar-refractivity contribution in [2.24, 2.45) is 7.05 Å². The Morgan fingerprint density at radius 3 is 2.53 bits per heavy atom. The molecule has 0 aliphatic rings. The summed E-state index contributed by atoms with van der Waals surface area (Å²) in [7, 11) is 1.42. The maximum absolute atomic E-state index is 11.8. The summed E-state index contributed by atoms with van der Waals surface area (Å²) in [4.78, 5) is 25.9. The van der Waals surface area contributed by atoms with Crippen molar-refractivity contribution >= 4 is 11.8 Å². The largest absolute Gasteiger partial charge is 0.399 e. The zero-order valence-electron chi connectivity index (χ0n) is 10.4. The maximum atomic E-state index is 11.8. The second-order valence-electron chi connectivity index (χ2n) is 3.88. The van der Waals surface area contributed by atoms with E-state index in [-0.39, 0.29) is 17.5 Å². The van der Waals surface area contributed by atoms with E-state index < -0.39 is 10.9 Å². The van der Waals surface area contributed by atoms with Gasteiger partial charge in [-0.25, -0.2) is 4.79 Å². The van der Waals surface area contributed by atoms with E-state index in [0.29, 0.717) is 5.56 Å². The fourth-order valence-electron chi connectivity index (χ4n) is 1.66. The Hall–Kier alpha value is -2.70. The average Bonchev–Trinajstić information content (AvgIpc) is 2.65. The molecule has 0 radical (unpaired) electrons. The molecule has 0 N–H and O–H groups in total. The first-order chi connectivity index (χ1) is 9.00. The van der Waals surface area contributed by atoms with Gasteiger partial charge in [-0.15, -0.1) is 0 Å². The average molecular weight is 261 g/mol. The number of imidazole rings is 1. The smallest absolute Gasteiger partial charge is 0.370 e. The lowest BCUT2D eigenvalue weighted by Gasteiger charge is -2.00. The minimum atomic E-state index is -0.608. The Bertz CT molecular complexity index is 634. The van der Waals surface area contributed by atoms with Crippen LogP contribution in [0.4, 0.5) is 5.82 Å². The van der Waals surface area contributed by atoms with Gasteiger partial charge in [0.15, 0.2) is 0 Å². The predicted octanol–water partition coefficient (Wildman–Crippen LogP) is 1.86. The van der Waals surface area contributed by atoms with Crippen LogP contribution in [0.15, 0.2) is 30.3 Å². The molecular weight excluding hydrogens is 250 g/mol. The fraction of sp³-hybridized carbons (Fsp3) is 0.167. The van der Waals surface area contributed by atoms with E-state index in [2.05, 4.69) is 4.98 Å². The summed E-state index contributed by atoms with van der Waals surface area (Å²) >= 11 is 0. The summed E-state index contributed by atoms with van der Waals surface area (Å²) < 4.78 is 6.19. The van der Waals surface area contributed by atoms with Gasteiger partial charge in [0, 0.05) is 0 Å². The van der Waals surface area contributed by atoms with Crippen molar-refractivity contribution in [3.8, 4) is 6.01 Å². The molecule has 0 amide bonds. The van der Waals surface area contributed by atoms with Gasteiger partial charge in [-0.1, -0.05) is 18.2 Å². The number of nitrogens with zero attached hydrogens (tertiary/aromatic N) is 3. The van der Waals surface area contributed by atoms with Gasteiger partial charge >= 0.3 is 17.8 Å². The maximum Gasteiger partial charge on any atom is 0.399 e. The number of carbonyl (C=O) groups is 1. The molecular formula is C12H11N3O4. The SMILES string of the molecule is Cc1nc(OC(=O)c2ccccc2)n(C)c1[N+](=O)[O-]. The highest BCUT2D eigenvalue weighted by atomic mass is 16.6. The van der Waals surface area contributed by atoms with Gasteiger partial charge in [0.1, 0.15) is 5.69 Å². The highest BCUT2D eigenvalue weighted by molar-refractivity contribution is 5.90. The van der Waals surface area contributed by atoms with Gasteiger partial charge in [0.2, 0.25) is 0 Å². The Kier molecular flexibility index (Phi) is 3.28. The number of aromatic nitrogens is 2. The fourth-order valence-corrected chi connectivity index (χ4v) is 1.66. The summed E-state index contributed by atoms with van der Waals surface area (Å²) in [5.74, 6) is -0.806. The summed E-state index contributed by atoms with van der Waals surface area (Å²) in [6.07, 6.45) is 0. The molecule has 0 atom stereocenters. The summed E-state index contributed by atoms with van der Waals surface area (Å²) in [5, 5.41) is 10.8. The van der Waals surface area contributed by atoms with Crippen LogP contribution in [0.5, 0.6) is 6.01 Å². The number of ether oxygens (including phenoxy) is 1. The third-order valence-electron chi connectivity index (χ3n) is 2.56. The number of hydrogen-bond donors (Lipinski definition) is 0. The third kappa shape index (κ3) is 2.44. The molecule has 2 aromatic rings. The molecule has 1 aromatic heterocycles. The number of rotatable bonds is 3. The number of hydrogen-bond acceptors (Lipinski definition) is 5. The van der Waals surface area contributed by atoms with Crippen LogP contribution in [-0.4, -0.2) is 20.4 Å². The molecule has 0 saturated heterocycles. The van der Waals surface area contributed by atoms with Crippen LogP contribution in [0.3, 0.4) is 0 Å². The van der Waals surface area contributed by atoms with Crippen LogP contribution in [-0.2, 0) is 7.05 Å². The summed E-state index contributed by atoms with van der Waals surface area (Å²) in [6.45, 7) is 1.48. The second kappa shape index (κ2) is 4.89. The quantitative estimate of drug-likeness (QED) is 0.478. The summed E-state index contributed by atoms with van der Waals surface area (Å²) in [6, 6.07) is 8.25. The standard InChI is InChI=1S/C12H11N3O4/c1-8-10(15(17)18)14(2)12(13-8)19-11(16)9-6-4-3-5-7-9/h3-7H,1-2H3.